The summed E-state index contributed by atoms with van der Waals surface area (Å²) in [5, 5.41) is 11.1. The first-order valence-electron chi connectivity index (χ1n) is 12.9. The summed E-state index contributed by atoms with van der Waals surface area (Å²) in [6, 6.07) is 7.30. The molecule has 0 bridgehead atoms. The number of fused-ring (bicyclic) bond motifs is 2. The molecule has 6 nitrogen and oxygen atoms in total. The maximum absolute atomic E-state index is 10.3. The second-order valence-corrected chi connectivity index (χ2v) is 8.56. The number of nitrogens with two attached hydrogens (primary N) is 1. The van der Waals surface area contributed by atoms with Gasteiger partial charge in [-0.1, -0.05) is 48.4 Å². The van der Waals surface area contributed by atoms with Gasteiger partial charge < -0.3 is 10.8 Å². The quantitative estimate of drug-likeness (QED) is 0.432. The maximum atomic E-state index is 10.3. The van der Waals surface area contributed by atoms with Gasteiger partial charge in [0.05, 0.1) is 23.7 Å². The van der Waals surface area contributed by atoms with E-state index in [2.05, 4.69) is 9.97 Å². The van der Waals surface area contributed by atoms with Crippen LogP contribution in [0.4, 0.5) is 5.82 Å². The molecule has 1 aliphatic rings. The first-order valence-corrected chi connectivity index (χ1v) is 10.4. The van der Waals surface area contributed by atoms with E-state index in [-0.39, 0.29) is 29.3 Å². The van der Waals surface area contributed by atoms with Crippen molar-refractivity contribution in [2.75, 3.05) is 5.73 Å². The van der Waals surface area contributed by atoms with Gasteiger partial charge >= 0.3 is 0 Å². The molecule has 0 atom stereocenters. The Morgan fingerprint density at radius 2 is 1.88 bits per heavy atom. The monoisotopic (exact) mass is 426 g/mol. The molecule has 3 aromatic heterocycles. The van der Waals surface area contributed by atoms with Gasteiger partial charge in [0.15, 0.2) is 0 Å². The zero-order valence-corrected chi connectivity index (χ0v) is 17.3. The van der Waals surface area contributed by atoms with Gasteiger partial charge in [0.25, 0.3) is 0 Å². The molecule has 3 heterocycles. The van der Waals surface area contributed by atoms with Gasteiger partial charge in [-0.05, 0) is 31.9 Å². The van der Waals surface area contributed by atoms with Crippen LogP contribution < -0.4 is 5.73 Å². The second-order valence-electron chi connectivity index (χ2n) is 8.56. The fraction of sp³-hybridized carbons (Fsp3) is 0.192. The summed E-state index contributed by atoms with van der Waals surface area (Å²) in [4.78, 5) is 13.9. The van der Waals surface area contributed by atoms with Crippen LogP contribution in [0.3, 0.4) is 0 Å². The van der Waals surface area contributed by atoms with E-state index in [4.69, 9.17) is 17.6 Å². The van der Waals surface area contributed by atoms with Crippen LogP contribution in [0.15, 0.2) is 72.9 Å². The first kappa shape index (κ1) is 14.3. The minimum atomic E-state index is -0.706. The van der Waals surface area contributed by atoms with Crippen molar-refractivity contribution in [1.82, 2.24) is 19.4 Å². The molecule has 1 aliphatic carbocycles. The lowest BCUT2D eigenvalue weighted by Gasteiger charge is -2.40. The molecule has 0 aliphatic heterocycles. The van der Waals surface area contributed by atoms with Crippen molar-refractivity contribution in [1.29, 1.82) is 0 Å². The van der Waals surface area contributed by atoms with Gasteiger partial charge in [0.1, 0.15) is 22.9 Å². The number of hydrogen-bond acceptors (Lipinski definition) is 5. The average Bonchev–Trinajstić information content (AvgIpc) is 3.25. The number of pyridine rings is 1. The summed E-state index contributed by atoms with van der Waals surface area (Å²) >= 11 is 0. The summed E-state index contributed by atoms with van der Waals surface area (Å²) in [7, 11) is 0. The number of aromatic nitrogens is 4. The highest BCUT2D eigenvalue weighted by molar-refractivity contribution is 5.91. The Hall–Kier alpha value is -3.77. The molecule has 1 saturated carbocycles. The van der Waals surface area contributed by atoms with E-state index in [0.29, 0.717) is 35.4 Å². The highest BCUT2D eigenvalue weighted by atomic mass is 16.3. The highest BCUT2D eigenvalue weighted by Crippen LogP contribution is 2.45. The van der Waals surface area contributed by atoms with E-state index in [0.717, 1.165) is 16.8 Å². The summed E-state index contributed by atoms with van der Waals surface area (Å²) < 4.78 is 42.4. The third-order valence-electron chi connectivity index (χ3n) is 6.07. The van der Waals surface area contributed by atoms with Crippen LogP contribution in [0.5, 0.6) is 0 Å². The van der Waals surface area contributed by atoms with E-state index in [1.807, 2.05) is 41.8 Å². The second kappa shape index (κ2) is 6.87. The van der Waals surface area contributed by atoms with Crippen molar-refractivity contribution in [3.63, 3.8) is 0 Å². The van der Waals surface area contributed by atoms with Crippen LogP contribution in [0.1, 0.15) is 38.4 Å². The summed E-state index contributed by atoms with van der Waals surface area (Å²) in [5.74, 6) is 1.24. The molecule has 0 spiro atoms. The lowest BCUT2D eigenvalue weighted by atomic mass is 9.72. The van der Waals surface area contributed by atoms with Crippen molar-refractivity contribution in [2.24, 2.45) is 0 Å². The van der Waals surface area contributed by atoms with Crippen molar-refractivity contribution < 1.29 is 12.0 Å². The molecule has 0 radical (unpaired) electrons. The van der Waals surface area contributed by atoms with Crippen LogP contribution in [-0.4, -0.2) is 30.1 Å². The number of imidazole rings is 1. The van der Waals surface area contributed by atoms with E-state index in [9.17, 15) is 5.11 Å². The molecule has 2 aromatic carbocycles. The zero-order valence-electron chi connectivity index (χ0n) is 22.3. The van der Waals surface area contributed by atoms with Gasteiger partial charge in [0.2, 0.25) is 0 Å². The minimum Gasteiger partial charge on any atom is -0.390 e. The molecule has 0 unspecified atom stereocenters. The molecule has 6 rings (SSSR count). The smallest absolute Gasteiger partial charge is 0.150 e. The molecule has 158 valence electrons. The van der Waals surface area contributed by atoms with Crippen molar-refractivity contribution in [3.05, 3.63) is 78.8 Å². The lowest BCUT2D eigenvalue weighted by molar-refractivity contribution is -0.0335. The minimum absolute atomic E-state index is 0.0542. The van der Waals surface area contributed by atoms with Crippen molar-refractivity contribution in [3.8, 4) is 22.5 Å². The predicted octanol–water partition coefficient (Wildman–Crippen LogP) is 4.82. The Bertz CT molecular complexity index is 1710. The van der Waals surface area contributed by atoms with Crippen LogP contribution in [0, 0.1) is 0 Å². The number of hydrogen-bond donors (Lipinski definition) is 2. The molecular formula is C26H23N5O. The Morgan fingerprint density at radius 3 is 2.66 bits per heavy atom. The molecule has 0 saturated heterocycles. The third-order valence-corrected chi connectivity index (χ3v) is 6.07. The van der Waals surface area contributed by atoms with E-state index < -0.39 is 23.7 Å². The first-order chi connectivity index (χ1) is 17.6. The average molecular weight is 427 g/mol. The Labute approximate surface area is 192 Å². The van der Waals surface area contributed by atoms with Gasteiger partial charge in [-0.2, -0.15) is 0 Å². The molecule has 5 aromatic rings. The Morgan fingerprint density at radius 1 is 1.09 bits per heavy atom. The van der Waals surface area contributed by atoms with E-state index in [1.54, 1.807) is 12.3 Å². The highest BCUT2D eigenvalue weighted by Gasteiger charge is 2.41. The van der Waals surface area contributed by atoms with E-state index >= 15 is 0 Å². The topological polar surface area (TPSA) is 89.3 Å². The van der Waals surface area contributed by atoms with Gasteiger partial charge in [-0.3, -0.25) is 4.40 Å². The number of aliphatic hydroxyl groups is 1. The largest absolute Gasteiger partial charge is 0.390 e. The molecule has 3 N–H and O–H groups in total. The summed E-state index contributed by atoms with van der Waals surface area (Å²) in [6.45, 7) is 1.82. The number of anilines is 1. The lowest BCUT2D eigenvalue weighted by Crippen LogP contribution is -2.40. The normalized spacial score (nSPS) is 22.7. The van der Waals surface area contributed by atoms with E-state index in [1.165, 1.54) is 0 Å². The van der Waals surface area contributed by atoms with Crippen LogP contribution in [-0.2, 0) is 0 Å². The molecule has 0 amide bonds. The SMILES string of the molecule is [2H]c1c([2H])c([2H])c(-c2ccc3ccc(-c4nc(C5CC(C)(O)C5)n5ccnc(N)c45)cc3n2)c([2H])c1[2H]. The van der Waals surface area contributed by atoms with Gasteiger partial charge in [-0.25, -0.2) is 15.0 Å². The molecular weight excluding hydrogens is 398 g/mol. The van der Waals surface area contributed by atoms with Gasteiger partial charge in [-0.15, -0.1) is 0 Å². The number of rotatable bonds is 3. The molecule has 1 fully saturated rings. The summed E-state index contributed by atoms with van der Waals surface area (Å²) in [6.07, 6.45) is 4.66. The maximum Gasteiger partial charge on any atom is 0.150 e. The predicted molar refractivity (Wildman–Crippen MR) is 126 cm³/mol. The van der Waals surface area contributed by atoms with Crippen molar-refractivity contribution in [2.45, 2.75) is 31.3 Å². The number of nitrogen functional groups attached to an aromatic ring is 1. The van der Waals surface area contributed by atoms with Crippen LogP contribution in [0.25, 0.3) is 38.9 Å². The Balaban J connectivity index is 1.51. The number of nitrogens with zero attached hydrogens (tertiary/aromatic N) is 4. The van der Waals surface area contributed by atoms with Crippen LogP contribution >= 0.6 is 0 Å². The molecule has 32 heavy (non-hydrogen) atoms. The molecule has 6 heteroatoms. The van der Waals surface area contributed by atoms with Crippen molar-refractivity contribution >= 4 is 22.2 Å². The standard InChI is InChI=1S/C26H23N5O/c1-26(32)14-19(15-26)25-30-22(23-24(27)28-11-12-31(23)25)18-8-7-17-9-10-20(29-21(17)13-18)16-5-3-2-4-6-16/h2-13,19,32H,14-15H2,1H3,(H2,27,28)/i2D,3D,4D,5D,6D. The fourth-order valence-corrected chi connectivity index (χ4v) is 4.54. The summed E-state index contributed by atoms with van der Waals surface area (Å²) in [5.41, 5.74) is 8.57. The Kier molecular flexibility index (Phi) is 3.07. The fourth-order valence-electron chi connectivity index (χ4n) is 4.54. The number of benzene rings is 2. The van der Waals surface area contributed by atoms with Crippen LogP contribution in [0.2, 0.25) is 0 Å². The zero-order chi connectivity index (χ0) is 26.2. The third kappa shape index (κ3) is 3.03. The van der Waals surface area contributed by atoms with Gasteiger partial charge in [0, 0.05) is 34.8 Å².